The number of aromatic nitrogens is 3. The van der Waals surface area contributed by atoms with E-state index < -0.39 is 0 Å². The highest BCUT2D eigenvalue weighted by Crippen LogP contribution is 2.17. The molecule has 0 radical (unpaired) electrons. The molecular formula is C13H22N4O3S. The summed E-state index contributed by atoms with van der Waals surface area (Å²) < 4.78 is 7.19. The summed E-state index contributed by atoms with van der Waals surface area (Å²) in [7, 11) is 0. The Morgan fingerprint density at radius 1 is 1.43 bits per heavy atom. The summed E-state index contributed by atoms with van der Waals surface area (Å²) in [4.78, 5) is 25.7. The Kier molecular flexibility index (Phi) is 5.46. The van der Waals surface area contributed by atoms with Gasteiger partial charge in [0.1, 0.15) is 0 Å². The van der Waals surface area contributed by atoms with E-state index in [1.807, 2.05) is 25.7 Å². The third-order valence-electron chi connectivity index (χ3n) is 3.27. The van der Waals surface area contributed by atoms with Crippen LogP contribution in [0.5, 0.6) is 0 Å². The van der Waals surface area contributed by atoms with Gasteiger partial charge in [-0.05, 0) is 20.3 Å². The van der Waals surface area contributed by atoms with E-state index in [1.165, 1.54) is 11.8 Å². The Morgan fingerprint density at radius 3 is 2.71 bits per heavy atom. The van der Waals surface area contributed by atoms with Gasteiger partial charge in [-0.15, -0.1) is 5.10 Å². The lowest BCUT2D eigenvalue weighted by Crippen LogP contribution is -2.48. The van der Waals surface area contributed by atoms with Crippen molar-refractivity contribution in [3.8, 4) is 0 Å². The van der Waals surface area contributed by atoms with Gasteiger partial charge in [0.25, 0.3) is 0 Å². The lowest BCUT2D eigenvalue weighted by atomic mass is 10.2. The third kappa shape index (κ3) is 4.10. The molecule has 1 N–H and O–H groups in total. The SMILES string of the molecule is CCCn1c(SCC(=O)N2CC(C)OC(C)C2)n[nH]c1=O. The molecule has 1 fully saturated rings. The van der Waals surface area contributed by atoms with Gasteiger partial charge in [-0.2, -0.15) is 0 Å². The number of carbonyl (C=O) groups is 1. The van der Waals surface area contributed by atoms with Crippen molar-refractivity contribution in [2.24, 2.45) is 0 Å². The quantitative estimate of drug-likeness (QED) is 0.810. The van der Waals surface area contributed by atoms with Crippen molar-refractivity contribution in [1.29, 1.82) is 0 Å². The fraction of sp³-hybridized carbons (Fsp3) is 0.769. The fourth-order valence-electron chi connectivity index (χ4n) is 2.43. The van der Waals surface area contributed by atoms with E-state index >= 15 is 0 Å². The molecule has 2 unspecified atom stereocenters. The first-order valence-corrected chi connectivity index (χ1v) is 8.21. The van der Waals surface area contributed by atoms with Crippen LogP contribution in [0, 0.1) is 0 Å². The smallest absolute Gasteiger partial charge is 0.343 e. The number of carbonyl (C=O) groups excluding carboxylic acids is 1. The molecule has 1 amide bonds. The maximum Gasteiger partial charge on any atom is 0.343 e. The number of nitrogens with one attached hydrogen (secondary N) is 1. The van der Waals surface area contributed by atoms with Gasteiger partial charge in [0, 0.05) is 19.6 Å². The Balaban J connectivity index is 1.93. The highest BCUT2D eigenvalue weighted by molar-refractivity contribution is 7.99. The second-order valence-corrected chi connectivity index (χ2v) is 6.25. The zero-order chi connectivity index (χ0) is 15.4. The van der Waals surface area contributed by atoms with Crippen LogP contribution >= 0.6 is 11.8 Å². The zero-order valence-corrected chi connectivity index (χ0v) is 13.5. The van der Waals surface area contributed by atoms with E-state index in [0.717, 1.165) is 6.42 Å². The summed E-state index contributed by atoms with van der Waals surface area (Å²) in [6, 6.07) is 0. The molecule has 0 saturated carbocycles. The molecule has 2 heterocycles. The van der Waals surface area contributed by atoms with Crippen LogP contribution in [0.15, 0.2) is 9.95 Å². The maximum atomic E-state index is 12.3. The normalized spacial score (nSPS) is 22.5. The molecule has 2 atom stereocenters. The molecule has 0 spiro atoms. The van der Waals surface area contributed by atoms with Gasteiger partial charge >= 0.3 is 5.69 Å². The minimum absolute atomic E-state index is 0.0560. The van der Waals surface area contributed by atoms with Crippen molar-refractivity contribution < 1.29 is 9.53 Å². The topological polar surface area (TPSA) is 80.2 Å². The summed E-state index contributed by atoms with van der Waals surface area (Å²) in [6.07, 6.45) is 0.970. The van der Waals surface area contributed by atoms with Gasteiger partial charge < -0.3 is 9.64 Å². The van der Waals surface area contributed by atoms with Crippen LogP contribution in [-0.4, -0.2) is 56.6 Å². The highest BCUT2D eigenvalue weighted by atomic mass is 32.2. The molecule has 8 heteroatoms. The molecule has 118 valence electrons. The van der Waals surface area contributed by atoms with Crippen molar-refractivity contribution in [3.05, 3.63) is 10.5 Å². The largest absolute Gasteiger partial charge is 0.372 e. The number of nitrogens with zero attached hydrogens (tertiary/aromatic N) is 3. The van der Waals surface area contributed by atoms with Crippen LogP contribution in [-0.2, 0) is 16.1 Å². The summed E-state index contributed by atoms with van der Waals surface area (Å²) >= 11 is 1.30. The van der Waals surface area contributed by atoms with Crippen molar-refractivity contribution >= 4 is 17.7 Å². The fourth-order valence-corrected chi connectivity index (χ4v) is 3.31. The predicted molar refractivity (Wildman–Crippen MR) is 80.5 cm³/mol. The Labute approximate surface area is 128 Å². The first-order chi connectivity index (χ1) is 10.0. The molecule has 2 rings (SSSR count). The predicted octanol–water partition coefficient (Wildman–Crippen LogP) is 0.709. The molecule has 1 saturated heterocycles. The molecule has 1 aromatic rings. The third-order valence-corrected chi connectivity index (χ3v) is 4.23. The van der Waals surface area contributed by atoms with Crippen molar-refractivity contribution in [1.82, 2.24) is 19.7 Å². The van der Waals surface area contributed by atoms with Gasteiger partial charge in [-0.1, -0.05) is 18.7 Å². The number of aromatic amines is 1. The molecule has 0 aliphatic carbocycles. The average molecular weight is 314 g/mol. The maximum absolute atomic E-state index is 12.3. The van der Waals surface area contributed by atoms with E-state index in [4.69, 9.17) is 4.74 Å². The Morgan fingerprint density at radius 2 is 2.10 bits per heavy atom. The molecular weight excluding hydrogens is 292 g/mol. The summed E-state index contributed by atoms with van der Waals surface area (Å²) in [6.45, 7) is 7.77. The van der Waals surface area contributed by atoms with Crippen LogP contribution in [0.3, 0.4) is 0 Å². The van der Waals surface area contributed by atoms with Crippen molar-refractivity contribution in [2.45, 2.75) is 51.1 Å². The van der Waals surface area contributed by atoms with Crippen LogP contribution in [0.4, 0.5) is 0 Å². The summed E-state index contributed by atoms with van der Waals surface area (Å²) in [5.41, 5.74) is -0.222. The number of morpholine rings is 1. The molecule has 1 aromatic heterocycles. The second-order valence-electron chi connectivity index (χ2n) is 5.31. The average Bonchev–Trinajstić information content (AvgIpc) is 2.77. The number of amides is 1. The monoisotopic (exact) mass is 314 g/mol. The van der Waals surface area contributed by atoms with Gasteiger partial charge in [0.15, 0.2) is 5.16 Å². The Bertz CT molecular complexity index is 532. The number of thioether (sulfide) groups is 1. The van der Waals surface area contributed by atoms with E-state index in [2.05, 4.69) is 10.2 Å². The number of ether oxygens (including phenoxy) is 1. The zero-order valence-electron chi connectivity index (χ0n) is 12.7. The summed E-state index contributed by atoms with van der Waals surface area (Å²) in [5.74, 6) is 0.341. The van der Waals surface area contributed by atoms with Crippen LogP contribution < -0.4 is 5.69 Å². The highest BCUT2D eigenvalue weighted by Gasteiger charge is 2.26. The second kappa shape index (κ2) is 7.13. The lowest BCUT2D eigenvalue weighted by molar-refractivity contribution is -0.140. The standard InChI is InChI=1S/C13H22N4O3S/c1-4-5-17-12(19)14-15-13(17)21-8-11(18)16-6-9(2)20-10(3)7-16/h9-10H,4-8H2,1-3H3,(H,14,19). The molecule has 0 aromatic carbocycles. The van der Waals surface area contributed by atoms with Gasteiger partial charge in [-0.3, -0.25) is 9.36 Å². The number of hydrogen-bond acceptors (Lipinski definition) is 5. The van der Waals surface area contributed by atoms with E-state index in [-0.39, 0.29) is 29.6 Å². The molecule has 21 heavy (non-hydrogen) atoms. The Hall–Kier alpha value is -1.28. The first-order valence-electron chi connectivity index (χ1n) is 7.22. The van der Waals surface area contributed by atoms with Gasteiger partial charge in [0.2, 0.25) is 5.91 Å². The van der Waals surface area contributed by atoms with Crippen LogP contribution in [0.25, 0.3) is 0 Å². The van der Waals surface area contributed by atoms with Crippen LogP contribution in [0.2, 0.25) is 0 Å². The minimum atomic E-state index is -0.222. The van der Waals surface area contributed by atoms with E-state index in [9.17, 15) is 9.59 Å². The van der Waals surface area contributed by atoms with E-state index in [0.29, 0.717) is 24.8 Å². The van der Waals surface area contributed by atoms with Gasteiger partial charge in [0.05, 0.1) is 18.0 Å². The first kappa shape index (κ1) is 16.1. The molecule has 1 aliphatic rings. The summed E-state index contributed by atoms with van der Waals surface area (Å²) in [5, 5.41) is 6.98. The minimum Gasteiger partial charge on any atom is -0.372 e. The van der Waals surface area contributed by atoms with Crippen LogP contribution in [0.1, 0.15) is 27.2 Å². The molecule has 1 aliphatic heterocycles. The number of hydrogen-bond donors (Lipinski definition) is 1. The lowest BCUT2D eigenvalue weighted by Gasteiger charge is -2.35. The van der Waals surface area contributed by atoms with Crippen molar-refractivity contribution in [3.63, 3.8) is 0 Å². The number of H-pyrrole nitrogens is 1. The molecule has 7 nitrogen and oxygen atoms in total. The van der Waals surface area contributed by atoms with Gasteiger partial charge in [-0.25, -0.2) is 9.89 Å². The number of rotatable bonds is 5. The molecule has 0 bridgehead atoms. The van der Waals surface area contributed by atoms with Crippen molar-refractivity contribution in [2.75, 3.05) is 18.8 Å². The van der Waals surface area contributed by atoms with E-state index in [1.54, 1.807) is 4.57 Å².